The van der Waals surface area contributed by atoms with Crippen molar-refractivity contribution in [1.82, 2.24) is 0 Å². The first-order valence-electron chi connectivity index (χ1n) is 7.07. The third-order valence-corrected chi connectivity index (χ3v) is 5.94. The molecule has 2 N–H and O–H groups in total. The third kappa shape index (κ3) is 3.14. The quantitative estimate of drug-likeness (QED) is 0.640. The van der Waals surface area contributed by atoms with Gasteiger partial charge in [0, 0.05) is 15.4 Å². The number of benzene rings is 1. The van der Waals surface area contributed by atoms with Crippen molar-refractivity contribution in [3.8, 4) is 0 Å². The molecule has 0 atom stereocenters. The topological polar surface area (TPSA) is 55.5 Å². The zero-order valence-corrected chi connectivity index (χ0v) is 14.0. The van der Waals surface area contributed by atoms with Crippen molar-refractivity contribution in [3.05, 3.63) is 27.7 Å². The number of carbonyl (C=O) groups excluding carboxylic acids is 1. The maximum Gasteiger partial charge on any atom is 0.284 e. The molecule has 3 nitrogen and oxygen atoms in total. The maximum absolute atomic E-state index is 12.3. The first-order valence-corrected chi connectivity index (χ1v) is 8.78. The van der Waals surface area contributed by atoms with Crippen molar-refractivity contribution >= 4 is 39.1 Å². The van der Waals surface area contributed by atoms with Crippen molar-refractivity contribution < 1.29 is 4.79 Å². The van der Waals surface area contributed by atoms with Crippen molar-refractivity contribution in [2.24, 2.45) is 16.2 Å². The number of amides is 1. The van der Waals surface area contributed by atoms with E-state index in [1.54, 1.807) is 6.07 Å². The van der Waals surface area contributed by atoms with Crippen LogP contribution in [0.25, 0.3) is 0 Å². The molecule has 0 aliphatic heterocycles. The highest BCUT2D eigenvalue weighted by molar-refractivity contribution is 9.10. The molecular weight excluding hydrogens is 336 g/mol. The molecule has 1 aromatic carbocycles. The molecule has 5 heteroatoms. The fourth-order valence-electron chi connectivity index (χ4n) is 2.55. The van der Waals surface area contributed by atoms with Gasteiger partial charge in [0.05, 0.1) is 5.56 Å². The molecular formula is C15H19BrN2OS. The van der Waals surface area contributed by atoms with Gasteiger partial charge in [0.25, 0.3) is 5.91 Å². The fraction of sp³-hybridized carbons (Fsp3) is 0.533. The summed E-state index contributed by atoms with van der Waals surface area (Å²) in [5.74, 6) is 1.43. The van der Waals surface area contributed by atoms with E-state index in [2.05, 4.69) is 20.3 Å². The molecule has 0 spiro atoms. The van der Waals surface area contributed by atoms with Crippen LogP contribution in [0.3, 0.4) is 0 Å². The van der Waals surface area contributed by atoms with Gasteiger partial charge in [-0.25, -0.2) is 0 Å². The van der Waals surface area contributed by atoms with Crippen LogP contribution in [-0.2, 0) is 11.6 Å². The van der Waals surface area contributed by atoms with Crippen LogP contribution in [0.15, 0.2) is 21.0 Å². The number of nitrogens with zero attached hydrogens (tertiary/aromatic N) is 1. The Kier molecular flexibility index (Phi) is 4.00. The van der Waals surface area contributed by atoms with E-state index in [1.165, 1.54) is 25.7 Å². The number of rotatable bonds is 4. The minimum Gasteiger partial charge on any atom is -0.398 e. The van der Waals surface area contributed by atoms with Crippen LogP contribution in [0.4, 0.5) is 5.69 Å². The van der Waals surface area contributed by atoms with Crippen LogP contribution in [0, 0.1) is 18.8 Å². The summed E-state index contributed by atoms with van der Waals surface area (Å²) in [6.45, 7) is 1.91. The van der Waals surface area contributed by atoms with Crippen LogP contribution in [0.5, 0.6) is 0 Å². The molecule has 108 valence electrons. The van der Waals surface area contributed by atoms with Gasteiger partial charge in [-0.2, -0.15) is 4.36 Å². The number of anilines is 1. The normalized spacial score (nSPS) is 19.4. The number of hydrogen-bond donors (Lipinski definition) is 2. The molecule has 1 aromatic rings. The molecule has 0 saturated heterocycles. The summed E-state index contributed by atoms with van der Waals surface area (Å²) in [5, 5.41) is 0.605. The lowest BCUT2D eigenvalue weighted by atomic mass is 10.1. The zero-order chi connectivity index (χ0) is 14.3. The number of thiol groups is 1. The van der Waals surface area contributed by atoms with E-state index in [9.17, 15) is 4.79 Å². The van der Waals surface area contributed by atoms with E-state index in [4.69, 9.17) is 5.73 Å². The Morgan fingerprint density at radius 2 is 1.95 bits per heavy atom. The summed E-state index contributed by atoms with van der Waals surface area (Å²) in [6.07, 6.45) is 5.26. The summed E-state index contributed by atoms with van der Waals surface area (Å²) in [5.41, 5.74) is 7.98. The molecule has 2 saturated carbocycles. The minimum absolute atomic E-state index is 0.181. The lowest BCUT2D eigenvalue weighted by molar-refractivity contribution is 0.101. The van der Waals surface area contributed by atoms with Crippen LogP contribution in [0.1, 0.15) is 41.6 Å². The van der Waals surface area contributed by atoms with Crippen molar-refractivity contribution in [2.45, 2.75) is 37.9 Å². The van der Waals surface area contributed by atoms with E-state index in [0.717, 1.165) is 33.4 Å². The Morgan fingerprint density at radius 1 is 1.35 bits per heavy atom. The van der Waals surface area contributed by atoms with Gasteiger partial charge >= 0.3 is 0 Å². The Labute approximate surface area is 131 Å². The standard InChI is InChI=1S/C15H19BrN2OS/c1-8-6-11(16)7-12(13(8)17)15(19)18-20-14(9-2-3-9)10-4-5-10/h6-7,9-10,14,20H,2-5,17H2,1H3. The Morgan fingerprint density at radius 3 is 2.50 bits per heavy atom. The molecule has 0 bridgehead atoms. The second-order valence-electron chi connectivity index (χ2n) is 5.87. The van der Waals surface area contributed by atoms with Crippen LogP contribution < -0.4 is 5.73 Å². The van der Waals surface area contributed by atoms with Crippen LogP contribution in [0.2, 0.25) is 0 Å². The van der Waals surface area contributed by atoms with Crippen LogP contribution in [-0.4, -0.2) is 11.2 Å². The lowest BCUT2D eigenvalue weighted by Gasteiger charge is -2.09. The van der Waals surface area contributed by atoms with Gasteiger partial charge < -0.3 is 5.73 Å². The molecule has 0 heterocycles. The largest absolute Gasteiger partial charge is 0.398 e. The molecule has 2 aliphatic rings. The molecule has 0 radical (unpaired) electrons. The van der Waals surface area contributed by atoms with Crippen LogP contribution >= 0.6 is 15.9 Å². The Balaban J connectivity index is 1.78. The van der Waals surface area contributed by atoms with Crippen molar-refractivity contribution in [1.29, 1.82) is 0 Å². The maximum atomic E-state index is 12.3. The van der Waals surface area contributed by atoms with Gasteiger partial charge in [-0.05, 0) is 62.1 Å². The predicted molar refractivity (Wildman–Crippen MR) is 88.0 cm³/mol. The molecule has 2 aliphatic carbocycles. The Hall–Kier alpha value is -0.680. The molecule has 0 aromatic heterocycles. The van der Waals surface area contributed by atoms with Gasteiger partial charge in [-0.1, -0.05) is 15.9 Å². The predicted octanol–water partition coefficient (Wildman–Crippen LogP) is 3.67. The summed E-state index contributed by atoms with van der Waals surface area (Å²) in [7, 11) is 0. The monoisotopic (exact) mass is 354 g/mol. The van der Waals surface area contributed by atoms with E-state index < -0.39 is 0 Å². The number of nitrogens with two attached hydrogens (primary N) is 1. The van der Waals surface area contributed by atoms with E-state index >= 15 is 0 Å². The van der Waals surface area contributed by atoms with Gasteiger partial charge in [0.15, 0.2) is 0 Å². The zero-order valence-electron chi connectivity index (χ0n) is 11.5. The van der Waals surface area contributed by atoms with Gasteiger partial charge in [0.2, 0.25) is 0 Å². The number of carbonyl (C=O) groups is 1. The highest BCUT2D eigenvalue weighted by Crippen LogP contribution is 2.45. The average Bonchev–Trinajstić information content (AvgIpc) is 3.25. The second kappa shape index (κ2) is 5.60. The summed E-state index contributed by atoms with van der Waals surface area (Å²) >= 11 is 4.36. The van der Waals surface area contributed by atoms with E-state index in [0.29, 0.717) is 16.5 Å². The average molecular weight is 355 g/mol. The second-order valence-corrected chi connectivity index (χ2v) is 7.81. The first kappa shape index (κ1) is 14.3. The van der Waals surface area contributed by atoms with Crippen molar-refractivity contribution in [3.63, 3.8) is 0 Å². The molecule has 2 fully saturated rings. The summed E-state index contributed by atoms with van der Waals surface area (Å²) in [6, 6.07) is 3.69. The number of nitrogen functional groups attached to an aromatic ring is 1. The highest BCUT2D eigenvalue weighted by atomic mass is 79.9. The number of aryl methyl sites for hydroxylation is 1. The van der Waals surface area contributed by atoms with Gasteiger partial charge in [0.1, 0.15) is 0 Å². The lowest BCUT2D eigenvalue weighted by Crippen LogP contribution is -2.12. The summed E-state index contributed by atoms with van der Waals surface area (Å²) < 4.78 is 5.17. The molecule has 20 heavy (non-hydrogen) atoms. The highest BCUT2D eigenvalue weighted by Gasteiger charge is 2.40. The fourth-order valence-corrected chi connectivity index (χ4v) is 4.44. The third-order valence-electron chi connectivity index (χ3n) is 4.07. The SMILES string of the molecule is Cc1cc(Br)cc(C(=O)N=[SH]C(C2CC2)C2CC2)c1N. The van der Waals surface area contributed by atoms with E-state index in [-0.39, 0.29) is 5.91 Å². The Bertz CT molecular complexity index is 567. The molecule has 3 rings (SSSR count). The van der Waals surface area contributed by atoms with Gasteiger partial charge in [-0.3, -0.25) is 4.79 Å². The number of halogens is 1. The van der Waals surface area contributed by atoms with Gasteiger partial charge in [-0.15, -0.1) is 11.6 Å². The van der Waals surface area contributed by atoms with Crippen molar-refractivity contribution in [2.75, 3.05) is 5.73 Å². The number of hydrogen-bond acceptors (Lipinski definition) is 2. The minimum atomic E-state index is -0.181. The van der Waals surface area contributed by atoms with E-state index in [1.807, 2.05) is 13.0 Å². The summed E-state index contributed by atoms with van der Waals surface area (Å²) in [4.78, 5) is 12.3. The smallest absolute Gasteiger partial charge is 0.284 e. The molecule has 1 amide bonds. The first-order chi connectivity index (χ1) is 9.56. The molecule has 0 unspecified atom stereocenters.